The van der Waals surface area contributed by atoms with Crippen LogP contribution in [0.3, 0.4) is 0 Å². The Morgan fingerprint density at radius 2 is 1.94 bits per heavy atom. The number of anilines is 1. The van der Waals surface area contributed by atoms with E-state index >= 15 is 0 Å². The maximum atomic E-state index is 12.8. The first-order valence-corrected chi connectivity index (χ1v) is 12.5. The van der Waals surface area contributed by atoms with Crippen LogP contribution in [0.4, 0.5) is 5.69 Å². The van der Waals surface area contributed by atoms with Gasteiger partial charge in [0, 0.05) is 24.5 Å². The molecule has 31 heavy (non-hydrogen) atoms. The van der Waals surface area contributed by atoms with Crippen molar-refractivity contribution in [3.05, 3.63) is 40.7 Å². The van der Waals surface area contributed by atoms with Gasteiger partial charge in [-0.25, -0.2) is 13.4 Å². The Kier molecular flexibility index (Phi) is 6.20. The molecule has 0 unspecified atom stereocenters. The van der Waals surface area contributed by atoms with Gasteiger partial charge >= 0.3 is 0 Å². The molecule has 0 saturated carbocycles. The molecular weight excluding hydrogens is 460 g/mol. The van der Waals surface area contributed by atoms with Gasteiger partial charge in [-0.2, -0.15) is 4.31 Å². The van der Waals surface area contributed by atoms with Crippen molar-refractivity contribution in [1.82, 2.24) is 23.9 Å². The summed E-state index contributed by atoms with van der Waals surface area (Å²) < 4.78 is 28.8. The molecule has 1 amide bonds. The molecule has 1 aromatic carbocycles. The zero-order valence-corrected chi connectivity index (χ0v) is 19.4. The minimum atomic E-state index is -3.60. The van der Waals surface area contributed by atoms with Crippen molar-refractivity contribution in [3.8, 4) is 0 Å². The predicted molar refractivity (Wildman–Crippen MR) is 119 cm³/mol. The molecule has 1 aliphatic heterocycles. The molecule has 9 nitrogen and oxygen atoms in total. The fourth-order valence-corrected chi connectivity index (χ4v) is 5.94. The van der Waals surface area contributed by atoms with Gasteiger partial charge in [0.25, 0.3) is 5.78 Å². The lowest BCUT2D eigenvalue weighted by Crippen LogP contribution is -2.28. The highest BCUT2D eigenvalue weighted by Crippen LogP contribution is 2.29. The predicted octanol–water partition coefficient (Wildman–Crippen LogP) is 2.91. The SMILES string of the molecule is Cc1cc(C)n2c(SCC(=O)Nc3cc(S(=O)(=O)N4CCCC4)ccc3Cl)nnc2n1. The molecule has 0 atom stereocenters. The van der Waals surface area contributed by atoms with E-state index in [9.17, 15) is 13.2 Å². The number of carbonyl (C=O) groups is 1. The van der Waals surface area contributed by atoms with Gasteiger partial charge in [-0.3, -0.25) is 9.20 Å². The highest BCUT2D eigenvalue weighted by molar-refractivity contribution is 7.99. The fourth-order valence-electron chi connectivity index (χ4n) is 3.45. The second-order valence-corrected chi connectivity index (χ2v) is 10.5. The number of rotatable bonds is 6. The molecule has 1 aliphatic rings. The number of thioether (sulfide) groups is 1. The molecule has 1 saturated heterocycles. The number of hydrogen-bond donors (Lipinski definition) is 1. The molecule has 4 rings (SSSR count). The van der Waals surface area contributed by atoms with E-state index in [2.05, 4.69) is 20.5 Å². The molecule has 2 aromatic heterocycles. The summed E-state index contributed by atoms with van der Waals surface area (Å²) in [4.78, 5) is 17.0. The van der Waals surface area contributed by atoms with Crippen LogP contribution in [0.2, 0.25) is 5.02 Å². The van der Waals surface area contributed by atoms with E-state index < -0.39 is 10.0 Å². The molecular formula is C19H21ClN6O3S2. The van der Waals surface area contributed by atoms with E-state index in [1.165, 1.54) is 34.3 Å². The van der Waals surface area contributed by atoms with E-state index in [1.54, 1.807) is 4.40 Å². The number of carbonyl (C=O) groups excluding carboxylic acids is 1. The topological polar surface area (TPSA) is 110 Å². The fraction of sp³-hybridized carbons (Fsp3) is 0.368. The summed E-state index contributed by atoms with van der Waals surface area (Å²) in [5.41, 5.74) is 2.01. The summed E-state index contributed by atoms with van der Waals surface area (Å²) in [6.45, 7) is 4.80. The van der Waals surface area contributed by atoms with Crippen molar-refractivity contribution >= 4 is 50.8 Å². The molecule has 3 heterocycles. The van der Waals surface area contributed by atoms with Crippen LogP contribution in [0.5, 0.6) is 0 Å². The Hall–Kier alpha value is -2.21. The molecule has 0 spiro atoms. The maximum Gasteiger partial charge on any atom is 0.256 e. The number of hydrogen-bond acceptors (Lipinski definition) is 7. The Bertz CT molecular complexity index is 1260. The average molecular weight is 481 g/mol. The monoisotopic (exact) mass is 480 g/mol. The highest BCUT2D eigenvalue weighted by atomic mass is 35.5. The van der Waals surface area contributed by atoms with Gasteiger partial charge < -0.3 is 5.32 Å². The van der Waals surface area contributed by atoms with Gasteiger partial charge in [-0.15, -0.1) is 10.2 Å². The average Bonchev–Trinajstić information content (AvgIpc) is 3.38. The second kappa shape index (κ2) is 8.73. The van der Waals surface area contributed by atoms with E-state index in [0.29, 0.717) is 24.0 Å². The zero-order valence-electron chi connectivity index (χ0n) is 17.0. The third-order valence-electron chi connectivity index (χ3n) is 4.91. The van der Waals surface area contributed by atoms with Gasteiger partial charge in [0.15, 0.2) is 5.16 Å². The van der Waals surface area contributed by atoms with Crippen molar-refractivity contribution in [1.29, 1.82) is 0 Å². The van der Waals surface area contributed by atoms with Crippen LogP contribution in [-0.2, 0) is 14.8 Å². The Labute approximate surface area is 189 Å². The molecule has 0 bridgehead atoms. The summed E-state index contributed by atoms with van der Waals surface area (Å²) in [5.74, 6) is 0.188. The van der Waals surface area contributed by atoms with Gasteiger partial charge in [-0.1, -0.05) is 23.4 Å². The first-order chi connectivity index (χ1) is 14.8. The minimum Gasteiger partial charge on any atom is -0.324 e. The third kappa shape index (κ3) is 4.54. The lowest BCUT2D eigenvalue weighted by molar-refractivity contribution is -0.113. The third-order valence-corrected chi connectivity index (χ3v) is 8.06. The number of fused-ring (bicyclic) bond motifs is 1. The second-order valence-electron chi connectivity index (χ2n) is 7.25. The number of amides is 1. The lowest BCUT2D eigenvalue weighted by atomic mass is 10.3. The first-order valence-electron chi connectivity index (χ1n) is 9.67. The summed E-state index contributed by atoms with van der Waals surface area (Å²) in [6, 6.07) is 6.26. The quantitative estimate of drug-likeness (QED) is 0.540. The first kappa shape index (κ1) is 22.0. The molecule has 3 aromatic rings. The normalized spacial score (nSPS) is 14.9. The van der Waals surface area contributed by atoms with Crippen LogP contribution in [0.25, 0.3) is 5.78 Å². The van der Waals surface area contributed by atoms with Crippen LogP contribution >= 0.6 is 23.4 Å². The van der Waals surface area contributed by atoms with Gasteiger partial charge in [0.2, 0.25) is 15.9 Å². The lowest BCUT2D eigenvalue weighted by Gasteiger charge is -2.16. The minimum absolute atomic E-state index is 0.0491. The van der Waals surface area contributed by atoms with Crippen molar-refractivity contribution in [2.45, 2.75) is 36.7 Å². The van der Waals surface area contributed by atoms with E-state index in [4.69, 9.17) is 11.6 Å². The molecule has 12 heteroatoms. The Balaban J connectivity index is 1.48. The Morgan fingerprint density at radius 1 is 1.19 bits per heavy atom. The number of nitrogens with zero attached hydrogens (tertiary/aromatic N) is 5. The molecule has 1 N–H and O–H groups in total. The van der Waals surface area contributed by atoms with Crippen molar-refractivity contribution in [3.63, 3.8) is 0 Å². The van der Waals surface area contributed by atoms with Crippen LogP contribution < -0.4 is 5.32 Å². The Morgan fingerprint density at radius 3 is 2.68 bits per heavy atom. The van der Waals surface area contributed by atoms with Crippen LogP contribution in [0.1, 0.15) is 24.2 Å². The maximum absolute atomic E-state index is 12.8. The number of sulfonamides is 1. The van der Waals surface area contributed by atoms with Crippen molar-refractivity contribution in [2.24, 2.45) is 0 Å². The van der Waals surface area contributed by atoms with Crippen molar-refractivity contribution < 1.29 is 13.2 Å². The summed E-state index contributed by atoms with van der Waals surface area (Å²) in [5, 5.41) is 11.7. The van der Waals surface area contributed by atoms with E-state index in [0.717, 1.165) is 24.2 Å². The van der Waals surface area contributed by atoms with E-state index in [1.807, 2.05) is 19.9 Å². The summed E-state index contributed by atoms with van der Waals surface area (Å²) >= 11 is 7.41. The highest BCUT2D eigenvalue weighted by Gasteiger charge is 2.27. The van der Waals surface area contributed by atoms with E-state index in [-0.39, 0.29) is 27.3 Å². The van der Waals surface area contributed by atoms with Crippen LogP contribution in [-0.4, -0.2) is 57.1 Å². The summed E-state index contributed by atoms with van der Waals surface area (Å²) in [7, 11) is -3.60. The van der Waals surface area contributed by atoms with Gasteiger partial charge in [0.1, 0.15) is 0 Å². The molecule has 164 valence electrons. The molecule has 0 radical (unpaired) electrons. The summed E-state index contributed by atoms with van der Waals surface area (Å²) in [6.07, 6.45) is 1.69. The number of halogens is 1. The number of aromatic nitrogens is 4. The van der Waals surface area contributed by atoms with Crippen molar-refractivity contribution in [2.75, 3.05) is 24.2 Å². The number of aryl methyl sites for hydroxylation is 2. The van der Waals surface area contributed by atoms with Crippen LogP contribution in [0.15, 0.2) is 34.3 Å². The number of nitrogens with one attached hydrogen (secondary N) is 1. The zero-order chi connectivity index (χ0) is 22.2. The largest absolute Gasteiger partial charge is 0.324 e. The molecule has 0 aliphatic carbocycles. The number of benzene rings is 1. The smallest absolute Gasteiger partial charge is 0.256 e. The van der Waals surface area contributed by atoms with Crippen LogP contribution in [0, 0.1) is 13.8 Å². The van der Waals surface area contributed by atoms with Gasteiger partial charge in [-0.05, 0) is 51.0 Å². The standard InChI is InChI=1S/C19H21ClN6O3S2/c1-12-9-13(2)26-18(21-12)23-24-19(26)30-11-17(27)22-16-10-14(5-6-15(16)20)31(28,29)25-7-3-4-8-25/h5-6,9-10H,3-4,7-8,11H2,1-2H3,(H,22,27). The van der Waals surface area contributed by atoms with Gasteiger partial charge in [0.05, 0.1) is 21.4 Å². The molecule has 1 fully saturated rings.